The zero-order chi connectivity index (χ0) is 22.5. The van der Waals surface area contributed by atoms with Gasteiger partial charge in [-0.25, -0.2) is 9.78 Å². The first-order valence-electron chi connectivity index (χ1n) is 10.2. The maximum Gasteiger partial charge on any atom is 0.349 e. The van der Waals surface area contributed by atoms with Gasteiger partial charge in [0.25, 0.3) is 5.91 Å². The highest BCUT2D eigenvalue weighted by molar-refractivity contribution is 6.05. The Kier molecular flexibility index (Phi) is 6.12. The Labute approximate surface area is 184 Å². The molecule has 0 bridgehead atoms. The van der Waals surface area contributed by atoms with Crippen LogP contribution in [0.3, 0.4) is 0 Å². The summed E-state index contributed by atoms with van der Waals surface area (Å²) in [6.07, 6.45) is 0.889. The lowest BCUT2D eigenvalue weighted by atomic mass is 10.1. The van der Waals surface area contributed by atoms with Gasteiger partial charge in [0.05, 0.1) is 6.61 Å². The number of aryl methyl sites for hydroxylation is 1. The van der Waals surface area contributed by atoms with Crippen molar-refractivity contribution in [2.45, 2.75) is 20.3 Å². The summed E-state index contributed by atoms with van der Waals surface area (Å²) >= 11 is 0. The first kappa shape index (κ1) is 21.0. The lowest BCUT2D eigenvalue weighted by Gasteiger charge is -2.10. The minimum atomic E-state index is -0.681. The molecule has 0 unspecified atom stereocenters. The van der Waals surface area contributed by atoms with E-state index in [0.717, 1.165) is 12.1 Å². The van der Waals surface area contributed by atoms with Gasteiger partial charge in [0.2, 0.25) is 5.88 Å². The number of carbonyl (C=O) groups is 1. The standard InChI is InChI=1S/C24H22N4O4/c1-3-12-31-22-14-21(25-15(2)26-22)27-17-8-10-18(11-9-17)28-23(29)19-13-16-6-4-5-7-20(16)32-24(19)30/h4-11,13-14H,3,12H2,1-2H3,(H,28,29)(H,25,26,27). The molecule has 0 aliphatic rings. The van der Waals surface area contributed by atoms with Crippen molar-refractivity contribution < 1.29 is 13.9 Å². The van der Waals surface area contributed by atoms with E-state index in [4.69, 9.17) is 9.15 Å². The molecule has 2 N–H and O–H groups in total. The van der Waals surface area contributed by atoms with Gasteiger partial charge in [-0.2, -0.15) is 4.98 Å². The summed E-state index contributed by atoms with van der Waals surface area (Å²) in [4.78, 5) is 33.4. The molecule has 2 heterocycles. The van der Waals surface area contributed by atoms with E-state index in [0.29, 0.717) is 40.8 Å². The number of hydrogen-bond acceptors (Lipinski definition) is 7. The Morgan fingerprint density at radius 2 is 1.78 bits per heavy atom. The number of rotatable bonds is 7. The molecular formula is C24H22N4O4. The van der Waals surface area contributed by atoms with E-state index in [-0.39, 0.29) is 5.56 Å². The zero-order valence-corrected chi connectivity index (χ0v) is 17.7. The summed E-state index contributed by atoms with van der Waals surface area (Å²) in [6.45, 7) is 4.41. The number of anilines is 3. The molecule has 0 atom stereocenters. The highest BCUT2D eigenvalue weighted by Crippen LogP contribution is 2.21. The van der Waals surface area contributed by atoms with E-state index in [2.05, 4.69) is 20.6 Å². The number of fused-ring (bicyclic) bond motifs is 1. The molecule has 0 radical (unpaired) electrons. The van der Waals surface area contributed by atoms with Gasteiger partial charge in [-0.05, 0) is 49.7 Å². The van der Waals surface area contributed by atoms with Gasteiger partial charge in [0.15, 0.2) is 0 Å². The number of carbonyl (C=O) groups excluding carboxylic acids is 1. The van der Waals surface area contributed by atoms with Gasteiger partial charge < -0.3 is 19.8 Å². The lowest BCUT2D eigenvalue weighted by molar-refractivity contribution is 0.102. The number of aromatic nitrogens is 2. The van der Waals surface area contributed by atoms with Gasteiger partial charge in [0, 0.05) is 22.8 Å². The second-order valence-electron chi connectivity index (χ2n) is 7.13. The zero-order valence-electron chi connectivity index (χ0n) is 17.7. The normalized spacial score (nSPS) is 10.7. The number of nitrogens with one attached hydrogen (secondary N) is 2. The molecule has 0 saturated carbocycles. The van der Waals surface area contributed by atoms with Gasteiger partial charge >= 0.3 is 5.63 Å². The van der Waals surface area contributed by atoms with E-state index >= 15 is 0 Å². The molecule has 162 valence electrons. The van der Waals surface area contributed by atoms with Crippen LogP contribution < -0.4 is 21.0 Å². The molecule has 8 heteroatoms. The number of benzene rings is 2. The Morgan fingerprint density at radius 1 is 1.03 bits per heavy atom. The predicted molar refractivity (Wildman–Crippen MR) is 123 cm³/mol. The first-order valence-corrected chi connectivity index (χ1v) is 10.2. The SMILES string of the molecule is CCCOc1cc(Nc2ccc(NC(=O)c3cc4ccccc4oc3=O)cc2)nc(C)n1. The average Bonchev–Trinajstić information content (AvgIpc) is 2.78. The van der Waals surface area contributed by atoms with Crippen molar-refractivity contribution in [3.05, 3.63) is 82.5 Å². The Bertz CT molecular complexity index is 1320. The Morgan fingerprint density at radius 3 is 2.56 bits per heavy atom. The number of hydrogen-bond donors (Lipinski definition) is 2. The minimum absolute atomic E-state index is 0.0537. The van der Waals surface area contributed by atoms with Gasteiger partial charge in [0.1, 0.15) is 22.8 Å². The topological polar surface area (TPSA) is 106 Å². The highest BCUT2D eigenvalue weighted by Gasteiger charge is 2.14. The van der Waals surface area contributed by atoms with Crippen LogP contribution in [0.1, 0.15) is 29.5 Å². The van der Waals surface area contributed by atoms with Gasteiger partial charge in [-0.3, -0.25) is 4.79 Å². The quantitative estimate of drug-likeness (QED) is 0.410. The van der Waals surface area contributed by atoms with Crippen LogP contribution in [-0.4, -0.2) is 22.5 Å². The van der Waals surface area contributed by atoms with Crippen LogP contribution in [0, 0.1) is 6.92 Å². The predicted octanol–water partition coefficient (Wildman–Crippen LogP) is 4.68. The molecule has 0 saturated heterocycles. The smallest absolute Gasteiger partial charge is 0.349 e. The largest absolute Gasteiger partial charge is 0.478 e. The fourth-order valence-corrected chi connectivity index (χ4v) is 3.09. The molecule has 32 heavy (non-hydrogen) atoms. The molecule has 0 aliphatic carbocycles. The lowest BCUT2D eigenvalue weighted by Crippen LogP contribution is -2.20. The molecule has 8 nitrogen and oxygen atoms in total. The van der Waals surface area contributed by atoms with Crippen molar-refractivity contribution >= 4 is 34.1 Å². The maximum absolute atomic E-state index is 12.6. The van der Waals surface area contributed by atoms with Gasteiger partial charge in [-0.15, -0.1) is 0 Å². The van der Waals surface area contributed by atoms with Crippen LogP contribution in [0.15, 0.2) is 69.9 Å². The fourth-order valence-electron chi connectivity index (χ4n) is 3.09. The first-order chi connectivity index (χ1) is 15.5. The van der Waals surface area contributed by atoms with Crippen LogP contribution in [0.25, 0.3) is 11.0 Å². The molecule has 2 aromatic carbocycles. The molecule has 1 amide bonds. The number of nitrogens with zero attached hydrogens (tertiary/aromatic N) is 2. The second-order valence-corrected chi connectivity index (χ2v) is 7.13. The monoisotopic (exact) mass is 430 g/mol. The summed E-state index contributed by atoms with van der Waals surface area (Å²) in [5.41, 5.74) is 1.01. The van der Waals surface area contributed by atoms with Crippen molar-refractivity contribution in [1.82, 2.24) is 9.97 Å². The van der Waals surface area contributed by atoms with Crippen molar-refractivity contribution in [2.24, 2.45) is 0 Å². The van der Waals surface area contributed by atoms with Crippen molar-refractivity contribution in [2.75, 3.05) is 17.2 Å². The summed E-state index contributed by atoms with van der Waals surface area (Å²) in [5.74, 6) is 1.18. The third-order valence-corrected chi connectivity index (χ3v) is 4.57. The molecular weight excluding hydrogens is 408 g/mol. The number of para-hydroxylation sites is 1. The van der Waals surface area contributed by atoms with Crippen LogP contribution in [0.5, 0.6) is 5.88 Å². The molecule has 4 rings (SSSR count). The number of ether oxygens (including phenoxy) is 1. The molecule has 2 aromatic heterocycles. The molecule has 0 aliphatic heterocycles. The summed E-state index contributed by atoms with van der Waals surface area (Å²) in [7, 11) is 0. The van der Waals surface area contributed by atoms with Crippen LogP contribution >= 0.6 is 0 Å². The molecule has 0 fully saturated rings. The molecule has 0 spiro atoms. The molecule has 4 aromatic rings. The van der Waals surface area contributed by atoms with E-state index < -0.39 is 11.5 Å². The average molecular weight is 430 g/mol. The maximum atomic E-state index is 12.6. The van der Waals surface area contributed by atoms with E-state index in [1.165, 1.54) is 6.07 Å². The van der Waals surface area contributed by atoms with Crippen molar-refractivity contribution in [3.63, 3.8) is 0 Å². The van der Waals surface area contributed by atoms with E-state index in [1.54, 1.807) is 55.5 Å². The van der Waals surface area contributed by atoms with E-state index in [1.807, 2.05) is 13.0 Å². The van der Waals surface area contributed by atoms with Crippen molar-refractivity contribution in [1.29, 1.82) is 0 Å². The third-order valence-electron chi connectivity index (χ3n) is 4.57. The minimum Gasteiger partial charge on any atom is -0.478 e. The number of amides is 1. The fraction of sp³-hybridized carbons (Fsp3) is 0.167. The van der Waals surface area contributed by atoms with Crippen molar-refractivity contribution in [3.8, 4) is 5.88 Å². The summed E-state index contributed by atoms with van der Waals surface area (Å²) in [5, 5.41) is 6.60. The highest BCUT2D eigenvalue weighted by atomic mass is 16.5. The third kappa shape index (κ3) is 4.92. The summed E-state index contributed by atoms with van der Waals surface area (Å²) < 4.78 is 10.8. The van der Waals surface area contributed by atoms with Crippen LogP contribution in [-0.2, 0) is 0 Å². The summed E-state index contributed by atoms with van der Waals surface area (Å²) in [6, 6.07) is 17.3. The second kappa shape index (κ2) is 9.30. The van der Waals surface area contributed by atoms with Gasteiger partial charge in [-0.1, -0.05) is 25.1 Å². The van der Waals surface area contributed by atoms with Crippen LogP contribution in [0.4, 0.5) is 17.2 Å². The van der Waals surface area contributed by atoms with E-state index in [9.17, 15) is 9.59 Å². The van der Waals surface area contributed by atoms with Crippen LogP contribution in [0.2, 0.25) is 0 Å². The Balaban J connectivity index is 1.46. The Hall–Kier alpha value is -4.20.